The number of fused-ring (bicyclic) bond motifs is 1. The summed E-state index contributed by atoms with van der Waals surface area (Å²) in [7, 11) is 1.63. The number of aromatic hydroxyl groups is 1. The number of phenols is 1. The highest BCUT2D eigenvalue weighted by Crippen LogP contribution is 2.26. The van der Waals surface area contributed by atoms with Gasteiger partial charge in [0.15, 0.2) is 0 Å². The molecule has 0 saturated carbocycles. The van der Waals surface area contributed by atoms with E-state index in [1.807, 2.05) is 54.6 Å². The van der Waals surface area contributed by atoms with Crippen molar-refractivity contribution >= 4 is 28.9 Å². The van der Waals surface area contributed by atoms with Crippen molar-refractivity contribution in [2.45, 2.75) is 0 Å². The molecule has 0 aliphatic heterocycles. The van der Waals surface area contributed by atoms with Crippen LogP contribution in [-0.4, -0.2) is 23.3 Å². The second kappa shape index (κ2) is 6.46. The largest absolute Gasteiger partial charge is 0.507 e. The molecule has 3 aromatic carbocycles. The smallest absolute Gasteiger partial charge is 0.339 e. The standard InChI is InChI=1S/C20H16O4/c1-24-17-4-2-3-13(10-17)5-6-14-7-8-15-12-19(21)18(20(22)23)11-16(15)9-14/h2-12,21H,1H3,(H,22,23)/b6-5+. The third-order valence-electron chi connectivity index (χ3n) is 3.77. The van der Waals surface area contributed by atoms with Crippen LogP contribution in [0.4, 0.5) is 0 Å². The van der Waals surface area contributed by atoms with Gasteiger partial charge in [0.05, 0.1) is 7.11 Å². The van der Waals surface area contributed by atoms with Crippen molar-refractivity contribution in [2.75, 3.05) is 7.11 Å². The number of carboxylic acids is 1. The van der Waals surface area contributed by atoms with Gasteiger partial charge in [0, 0.05) is 0 Å². The minimum atomic E-state index is -1.15. The number of hydrogen-bond donors (Lipinski definition) is 2. The van der Waals surface area contributed by atoms with Gasteiger partial charge in [-0.2, -0.15) is 0 Å². The first-order valence-electron chi connectivity index (χ1n) is 7.39. The molecule has 0 saturated heterocycles. The van der Waals surface area contributed by atoms with E-state index in [0.717, 1.165) is 27.6 Å². The predicted octanol–water partition coefficient (Wildman–Crippen LogP) is 4.42. The van der Waals surface area contributed by atoms with Gasteiger partial charge in [0.1, 0.15) is 17.1 Å². The molecule has 0 aromatic heterocycles. The maximum Gasteiger partial charge on any atom is 0.339 e. The molecule has 0 radical (unpaired) electrons. The van der Waals surface area contributed by atoms with Crippen LogP contribution in [0, 0.1) is 0 Å². The number of aromatic carboxylic acids is 1. The Morgan fingerprint density at radius 2 is 1.71 bits per heavy atom. The molecule has 0 spiro atoms. The van der Waals surface area contributed by atoms with Gasteiger partial charge in [0.2, 0.25) is 0 Å². The molecule has 0 heterocycles. The van der Waals surface area contributed by atoms with E-state index in [1.54, 1.807) is 7.11 Å². The summed E-state index contributed by atoms with van der Waals surface area (Å²) < 4.78 is 5.20. The first kappa shape index (κ1) is 15.6. The van der Waals surface area contributed by atoms with E-state index < -0.39 is 5.97 Å². The molecule has 0 aliphatic carbocycles. The first-order chi connectivity index (χ1) is 11.6. The van der Waals surface area contributed by atoms with Crippen LogP contribution in [-0.2, 0) is 0 Å². The van der Waals surface area contributed by atoms with Crippen LogP contribution in [0.1, 0.15) is 21.5 Å². The first-order valence-corrected chi connectivity index (χ1v) is 7.39. The molecule has 0 fully saturated rings. The Kier molecular flexibility index (Phi) is 4.20. The van der Waals surface area contributed by atoms with Gasteiger partial charge in [-0.1, -0.05) is 36.4 Å². The zero-order chi connectivity index (χ0) is 17.1. The molecule has 120 valence electrons. The molecule has 0 amide bonds. The van der Waals surface area contributed by atoms with E-state index >= 15 is 0 Å². The molecule has 3 aromatic rings. The highest BCUT2D eigenvalue weighted by atomic mass is 16.5. The molecule has 0 aliphatic rings. The quantitative estimate of drug-likeness (QED) is 0.698. The Hall–Kier alpha value is -3.27. The molecule has 4 nitrogen and oxygen atoms in total. The molecular formula is C20H16O4. The van der Waals surface area contributed by atoms with Crippen molar-refractivity contribution in [1.82, 2.24) is 0 Å². The zero-order valence-electron chi connectivity index (χ0n) is 13.1. The van der Waals surface area contributed by atoms with Crippen LogP contribution in [0.2, 0.25) is 0 Å². The number of ether oxygens (including phenoxy) is 1. The Morgan fingerprint density at radius 1 is 0.958 bits per heavy atom. The Labute approximate surface area is 139 Å². The molecule has 3 rings (SSSR count). The van der Waals surface area contributed by atoms with Gasteiger partial charge in [-0.15, -0.1) is 0 Å². The maximum absolute atomic E-state index is 11.1. The third-order valence-corrected chi connectivity index (χ3v) is 3.77. The summed E-state index contributed by atoms with van der Waals surface area (Å²) in [5, 5.41) is 20.4. The van der Waals surface area contributed by atoms with Gasteiger partial charge in [-0.25, -0.2) is 4.79 Å². The summed E-state index contributed by atoms with van der Waals surface area (Å²) in [4.78, 5) is 11.1. The molecule has 4 heteroatoms. The average molecular weight is 320 g/mol. The predicted molar refractivity (Wildman–Crippen MR) is 94.5 cm³/mol. The van der Waals surface area contributed by atoms with Crippen LogP contribution in [0.15, 0.2) is 54.6 Å². The summed E-state index contributed by atoms with van der Waals surface area (Å²) in [6.45, 7) is 0. The average Bonchev–Trinajstić information content (AvgIpc) is 2.59. The molecule has 0 unspecified atom stereocenters. The minimum Gasteiger partial charge on any atom is -0.507 e. The lowest BCUT2D eigenvalue weighted by atomic mass is 10.0. The summed E-state index contributed by atoms with van der Waals surface area (Å²) in [6, 6.07) is 16.3. The van der Waals surface area contributed by atoms with Gasteiger partial charge < -0.3 is 14.9 Å². The van der Waals surface area contributed by atoms with Crippen molar-refractivity contribution in [1.29, 1.82) is 0 Å². The minimum absolute atomic E-state index is 0.101. The number of rotatable bonds is 4. The van der Waals surface area contributed by atoms with E-state index in [4.69, 9.17) is 9.84 Å². The summed E-state index contributed by atoms with van der Waals surface area (Å²) in [5.74, 6) is -0.585. The van der Waals surface area contributed by atoms with E-state index in [1.165, 1.54) is 12.1 Å². The number of carboxylic acid groups (broad SMARTS) is 1. The van der Waals surface area contributed by atoms with Crippen molar-refractivity contribution in [3.63, 3.8) is 0 Å². The van der Waals surface area contributed by atoms with Crippen molar-refractivity contribution in [3.05, 3.63) is 71.3 Å². The second-order valence-electron chi connectivity index (χ2n) is 5.39. The number of methoxy groups -OCH3 is 1. The van der Waals surface area contributed by atoms with Gasteiger partial charge in [-0.05, 0) is 52.2 Å². The van der Waals surface area contributed by atoms with E-state index in [9.17, 15) is 9.90 Å². The lowest BCUT2D eigenvalue weighted by Crippen LogP contribution is -1.96. The van der Waals surface area contributed by atoms with Crippen molar-refractivity contribution in [2.24, 2.45) is 0 Å². The van der Waals surface area contributed by atoms with E-state index in [-0.39, 0.29) is 11.3 Å². The monoisotopic (exact) mass is 320 g/mol. The molecular weight excluding hydrogens is 304 g/mol. The fraction of sp³-hybridized carbons (Fsp3) is 0.0500. The van der Waals surface area contributed by atoms with Gasteiger partial charge >= 0.3 is 5.97 Å². The van der Waals surface area contributed by atoms with Crippen LogP contribution in [0.25, 0.3) is 22.9 Å². The Morgan fingerprint density at radius 3 is 2.42 bits per heavy atom. The second-order valence-corrected chi connectivity index (χ2v) is 5.39. The van der Waals surface area contributed by atoms with Gasteiger partial charge in [-0.3, -0.25) is 0 Å². The molecule has 0 bridgehead atoms. The van der Waals surface area contributed by atoms with Crippen molar-refractivity contribution < 1.29 is 19.7 Å². The van der Waals surface area contributed by atoms with Crippen LogP contribution in [0.3, 0.4) is 0 Å². The number of hydrogen-bond acceptors (Lipinski definition) is 3. The topological polar surface area (TPSA) is 66.8 Å². The fourth-order valence-corrected chi connectivity index (χ4v) is 2.52. The summed E-state index contributed by atoms with van der Waals surface area (Å²) in [6.07, 6.45) is 3.91. The van der Waals surface area contributed by atoms with E-state index in [0.29, 0.717) is 0 Å². The zero-order valence-corrected chi connectivity index (χ0v) is 13.1. The number of carbonyl (C=O) groups is 1. The normalized spacial score (nSPS) is 11.0. The highest BCUT2D eigenvalue weighted by molar-refractivity contribution is 5.98. The van der Waals surface area contributed by atoms with Crippen LogP contribution < -0.4 is 4.74 Å². The molecule has 0 atom stereocenters. The molecule has 2 N–H and O–H groups in total. The highest BCUT2D eigenvalue weighted by Gasteiger charge is 2.10. The van der Waals surface area contributed by atoms with E-state index in [2.05, 4.69) is 0 Å². The van der Waals surface area contributed by atoms with Crippen LogP contribution >= 0.6 is 0 Å². The van der Waals surface area contributed by atoms with Crippen LogP contribution in [0.5, 0.6) is 11.5 Å². The van der Waals surface area contributed by atoms with Crippen molar-refractivity contribution in [3.8, 4) is 11.5 Å². The Bertz CT molecular complexity index is 942. The summed E-state index contributed by atoms with van der Waals surface area (Å²) in [5.41, 5.74) is 1.84. The fourth-order valence-electron chi connectivity index (χ4n) is 2.52. The Balaban J connectivity index is 1.96. The van der Waals surface area contributed by atoms with Gasteiger partial charge in [0.25, 0.3) is 0 Å². The lowest BCUT2D eigenvalue weighted by Gasteiger charge is -2.05. The lowest BCUT2D eigenvalue weighted by molar-refractivity contribution is 0.0694. The summed E-state index contributed by atoms with van der Waals surface area (Å²) >= 11 is 0. The number of benzene rings is 3. The SMILES string of the molecule is COc1cccc(/C=C/c2ccc3cc(O)c(C(=O)O)cc3c2)c1. The maximum atomic E-state index is 11.1. The molecule has 24 heavy (non-hydrogen) atoms. The third kappa shape index (κ3) is 3.22.